The molecule has 0 saturated carbocycles. The zero-order valence-corrected chi connectivity index (χ0v) is 27.8. The molecule has 0 bridgehead atoms. The molecule has 0 aliphatic heterocycles. The minimum Gasteiger partial charge on any atom is -0.507 e. The van der Waals surface area contributed by atoms with E-state index >= 15 is 0 Å². The van der Waals surface area contributed by atoms with Gasteiger partial charge in [0, 0.05) is 51.5 Å². The van der Waals surface area contributed by atoms with Crippen LogP contribution in [0.25, 0.3) is 0 Å². The summed E-state index contributed by atoms with van der Waals surface area (Å²) in [7, 11) is 0. The molecule has 0 aliphatic rings. The fraction of sp³-hybridized carbons (Fsp3) is 0.588. The molecular weight excluding hydrogens is 527 g/mol. The normalized spacial score (nSPS) is 13.8. The van der Waals surface area contributed by atoms with Gasteiger partial charge in [0.2, 0.25) is 0 Å². The smallest absolute Gasteiger partial charge is 0.128 e. The number of rotatable bonds is 5. The van der Waals surface area contributed by atoms with Crippen molar-refractivity contribution >= 4 is 12.4 Å². The molecule has 0 spiro atoms. The largest absolute Gasteiger partial charge is 0.507 e. The van der Waals surface area contributed by atoms with Gasteiger partial charge in [-0.15, -0.1) is 0 Å². The molecule has 39 heavy (non-hydrogen) atoms. The summed E-state index contributed by atoms with van der Waals surface area (Å²) in [5.41, 5.74) is 4.67. The summed E-state index contributed by atoms with van der Waals surface area (Å²) in [6.45, 7) is 30.3. The van der Waals surface area contributed by atoms with Crippen molar-refractivity contribution in [2.45, 2.75) is 124 Å². The molecule has 219 valence electrons. The molecule has 0 aromatic heterocycles. The van der Waals surface area contributed by atoms with Crippen LogP contribution in [0.3, 0.4) is 0 Å². The number of nitrogens with zero attached hydrogens (tertiary/aromatic N) is 2. The van der Waals surface area contributed by atoms with Crippen molar-refractivity contribution in [1.82, 2.24) is 0 Å². The Bertz CT molecular complexity index is 1210. The van der Waals surface area contributed by atoms with Crippen LogP contribution < -0.4 is 0 Å². The third kappa shape index (κ3) is 9.21. The third-order valence-electron chi connectivity index (χ3n) is 6.89. The molecule has 1 radical (unpaired) electrons. The van der Waals surface area contributed by atoms with Crippen molar-refractivity contribution < 1.29 is 27.0 Å². The maximum absolute atomic E-state index is 11.1. The molecule has 0 amide bonds. The van der Waals surface area contributed by atoms with E-state index in [0.29, 0.717) is 6.54 Å². The van der Waals surface area contributed by atoms with Gasteiger partial charge in [-0.05, 0) is 58.8 Å². The van der Waals surface area contributed by atoms with E-state index < -0.39 is 5.54 Å². The van der Waals surface area contributed by atoms with E-state index in [1.54, 1.807) is 12.4 Å². The number of phenolic OH excluding ortho intramolecular Hbond substituents is 2. The summed E-state index contributed by atoms with van der Waals surface area (Å²) in [5, 5.41) is 22.2. The Balaban J connectivity index is 0.00000760. The zero-order chi connectivity index (χ0) is 29.5. The standard InChI is InChI=1S/C34H52N2O2.Co/c1-30(2,3)24-15-22(28(37)26(17-24)32(7,8)9)19-35-21-34(13,14)36-20-23-16-25(31(4,5)6)18-27(29(23)38)33(10,11)12;/h15-20,37-38H,21H2,1-14H3;. The Labute approximate surface area is 248 Å². The average molecular weight is 580 g/mol. The minimum absolute atomic E-state index is 0. The predicted molar refractivity (Wildman–Crippen MR) is 165 cm³/mol. The summed E-state index contributed by atoms with van der Waals surface area (Å²) in [4.78, 5) is 9.55. The number of aliphatic imine (C=N–C) groups is 2. The van der Waals surface area contributed by atoms with E-state index in [1.165, 1.54) is 11.1 Å². The van der Waals surface area contributed by atoms with Crippen molar-refractivity contribution in [2.24, 2.45) is 9.98 Å². The minimum atomic E-state index is -0.493. The van der Waals surface area contributed by atoms with Crippen molar-refractivity contribution in [2.75, 3.05) is 6.54 Å². The Hall–Kier alpha value is -2.11. The molecule has 2 N–H and O–H groups in total. The van der Waals surface area contributed by atoms with Crippen LogP contribution in [0.4, 0.5) is 0 Å². The molecular formula is C34H52CoN2O2. The van der Waals surface area contributed by atoms with Crippen LogP contribution in [0, 0.1) is 0 Å². The number of hydrogen-bond acceptors (Lipinski definition) is 4. The van der Waals surface area contributed by atoms with E-state index in [-0.39, 0.29) is 49.9 Å². The summed E-state index contributed by atoms with van der Waals surface area (Å²) in [5.74, 6) is 0.571. The summed E-state index contributed by atoms with van der Waals surface area (Å²) in [6, 6.07) is 8.31. The number of aromatic hydroxyl groups is 2. The first-order chi connectivity index (χ1) is 16.9. The maximum atomic E-state index is 11.1. The molecule has 4 nitrogen and oxygen atoms in total. The molecule has 0 saturated heterocycles. The van der Waals surface area contributed by atoms with E-state index in [2.05, 4.69) is 95.2 Å². The number of benzene rings is 2. The molecule has 5 heteroatoms. The van der Waals surface area contributed by atoms with Crippen molar-refractivity contribution in [3.8, 4) is 11.5 Å². The summed E-state index contributed by atoms with van der Waals surface area (Å²) >= 11 is 0. The van der Waals surface area contributed by atoms with Gasteiger partial charge in [-0.25, -0.2) is 0 Å². The second-order valence-electron chi connectivity index (χ2n) is 15.5. The van der Waals surface area contributed by atoms with Gasteiger partial charge in [-0.3, -0.25) is 9.98 Å². The third-order valence-corrected chi connectivity index (χ3v) is 6.89. The van der Waals surface area contributed by atoms with Gasteiger partial charge in [-0.1, -0.05) is 95.2 Å². The molecule has 2 rings (SSSR count). The van der Waals surface area contributed by atoms with Crippen LogP contribution >= 0.6 is 0 Å². The van der Waals surface area contributed by atoms with Crippen LogP contribution in [0.15, 0.2) is 34.3 Å². The second kappa shape index (κ2) is 11.8. The predicted octanol–water partition coefficient (Wildman–Crippen LogP) is 8.60. The van der Waals surface area contributed by atoms with E-state index in [1.807, 2.05) is 26.0 Å². The Morgan fingerprint density at radius 3 is 1.26 bits per heavy atom. The summed E-state index contributed by atoms with van der Waals surface area (Å²) in [6.07, 6.45) is 3.55. The maximum Gasteiger partial charge on any atom is 0.128 e. The van der Waals surface area contributed by atoms with Gasteiger partial charge in [0.15, 0.2) is 0 Å². The van der Waals surface area contributed by atoms with Crippen LogP contribution in [0.5, 0.6) is 11.5 Å². The molecule has 2 aromatic carbocycles. The first-order valence-corrected chi connectivity index (χ1v) is 13.7. The van der Waals surface area contributed by atoms with E-state index in [4.69, 9.17) is 9.98 Å². The SMILES string of the molecule is CC(C)(CN=Cc1cc(C(C)(C)C)cc(C(C)(C)C)c1O)N=Cc1cc(C(C)(C)C)cc(C(C)(C)C)c1O.[Co]. The van der Waals surface area contributed by atoms with Crippen LogP contribution in [-0.2, 0) is 38.4 Å². The zero-order valence-electron chi connectivity index (χ0n) is 26.8. The topological polar surface area (TPSA) is 65.2 Å². The molecule has 0 fully saturated rings. The van der Waals surface area contributed by atoms with Gasteiger partial charge >= 0.3 is 0 Å². The van der Waals surface area contributed by atoms with Crippen molar-refractivity contribution in [1.29, 1.82) is 0 Å². The summed E-state index contributed by atoms with van der Waals surface area (Å²) < 4.78 is 0. The fourth-order valence-corrected chi connectivity index (χ4v) is 4.17. The van der Waals surface area contributed by atoms with Gasteiger partial charge in [0.25, 0.3) is 0 Å². The van der Waals surface area contributed by atoms with E-state index in [0.717, 1.165) is 22.3 Å². The first kappa shape index (κ1) is 34.9. The Morgan fingerprint density at radius 1 is 0.564 bits per heavy atom. The van der Waals surface area contributed by atoms with Gasteiger partial charge in [0.05, 0.1) is 12.1 Å². The average Bonchev–Trinajstić information content (AvgIpc) is 2.70. The fourth-order valence-electron chi connectivity index (χ4n) is 4.17. The van der Waals surface area contributed by atoms with Gasteiger partial charge < -0.3 is 10.2 Å². The van der Waals surface area contributed by atoms with Crippen molar-refractivity contribution in [3.63, 3.8) is 0 Å². The van der Waals surface area contributed by atoms with Crippen LogP contribution in [0.2, 0.25) is 0 Å². The van der Waals surface area contributed by atoms with E-state index in [9.17, 15) is 10.2 Å². The molecule has 0 heterocycles. The van der Waals surface area contributed by atoms with Crippen LogP contribution in [-0.4, -0.2) is 34.7 Å². The quantitative estimate of drug-likeness (QED) is 0.349. The number of phenols is 2. The van der Waals surface area contributed by atoms with Crippen molar-refractivity contribution in [3.05, 3.63) is 57.6 Å². The molecule has 2 aromatic rings. The Morgan fingerprint density at radius 2 is 0.923 bits per heavy atom. The second-order valence-corrected chi connectivity index (χ2v) is 15.5. The van der Waals surface area contributed by atoms with Crippen LogP contribution in [0.1, 0.15) is 130 Å². The Kier molecular flexibility index (Phi) is 10.5. The molecule has 0 aliphatic carbocycles. The van der Waals surface area contributed by atoms with Gasteiger partial charge in [0.1, 0.15) is 11.5 Å². The molecule has 0 unspecified atom stereocenters. The van der Waals surface area contributed by atoms with Gasteiger partial charge in [-0.2, -0.15) is 0 Å². The monoisotopic (exact) mass is 579 g/mol. The molecule has 0 atom stereocenters. The number of hydrogen-bond donors (Lipinski definition) is 2. The first-order valence-electron chi connectivity index (χ1n) is 13.7.